The third-order valence-electron chi connectivity index (χ3n) is 3.85. The van der Waals surface area contributed by atoms with Crippen molar-refractivity contribution in [3.05, 3.63) is 0 Å². The summed E-state index contributed by atoms with van der Waals surface area (Å²) >= 11 is 0. The van der Waals surface area contributed by atoms with Crippen LogP contribution in [0.15, 0.2) is 0 Å². The molecule has 0 aromatic heterocycles. The van der Waals surface area contributed by atoms with Crippen LogP contribution < -0.4 is 5.73 Å². The molecule has 4 heteroatoms. The molecule has 1 fully saturated rings. The Bertz CT molecular complexity index is 241. The molecule has 4 nitrogen and oxygen atoms in total. The Kier molecular flexibility index (Phi) is 5.92. The molecule has 0 spiro atoms. The van der Waals surface area contributed by atoms with Crippen LogP contribution in [0, 0.1) is 11.3 Å². The fourth-order valence-corrected chi connectivity index (χ4v) is 2.57. The molecule has 3 N–H and O–H groups in total. The van der Waals surface area contributed by atoms with Gasteiger partial charge in [0.15, 0.2) is 0 Å². The summed E-state index contributed by atoms with van der Waals surface area (Å²) in [5.41, 5.74) is 5.39. The van der Waals surface area contributed by atoms with Crippen LogP contribution in [0.4, 0.5) is 0 Å². The highest BCUT2D eigenvalue weighted by Gasteiger charge is 2.50. The van der Waals surface area contributed by atoms with E-state index in [0.717, 1.165) is 44.9 Å². The van der Waals surface area contributed by atoms with Gasteiger partial charge in [0.1, 0.15) is 0 Å². The molecule has 1 rings (SSSR count). The summed E-state index contributed by atoms with van der Waals surface area (Å²) in [5, 5.41) is 8.70. The van der Waals surface area contributed by atoms with Crippen molar-refractivity contribution in [3.63, 3.8) is 0 Å². The van der Waals surface area contributed by atoms with Crippen LogP contribution in [-0.4, -0.2) is 31.3 Å². The van der Waals surface area contributed by atoms with Gasteiger partial charge in [-0.15, -0.1) is 0 Å². The lowest BCUT2D eigenvalue weighted by Crippen LogP contribution is -2.41. The number of nitrogens with two attached hydrogens (primary N) is 1. The van der Waals surface area contributed by atoms with Crippen LogP contribution in [0.3, 0.4) is 0 Å². The van der Waals surface area contributed by atoms with Crippen LogP contribution >= 0.6 is 0 Å². The summed E-state index contributed by atoms with van der Waals surface area (Å²) in [5.74, 6) is 0.294. The molecule has 100 valence electrons. The first kappa shape index (κ1) is 14.5. The maximum atomic E-state index is 11.9. The predicted molar refractivity (Wildman–Crippen MR) is 66.4 cm³/mol. The standard InChI is InChI=1S/C13H25NO3/c1-17-12(16)13(10-14,11-6-7-11)8-4-2-3-5-9-15/h11,15H,2-10,14H2,1H3. The Morgan fingerprint density at radius 3 is 2.47 bits per heavy atom. The number of aliphatic hydroxyl groups excluding tert-OH is 1. The summed E-state index contributed by atoms with van der Waals surface area (Å²) in [4.78, 5) is 11.9. The maximum absolute atomic E-state index is 11.9. The number of hydrogen-bond acceptors (Lipinski definition) is 4. The lowest BCUT2D eigenvalue weighted by molar-refractivity contribution is -0.154. The van der Waals surface area contributed by atoms with Crippen LogP contribution in [0.1, 0.15) is 44.9 Å². The van der Waals surface area contributed by atoms with Crippen molar-refractivity contribution in [1.82, 2.24) is 0 Å². The topological polar surface area (TPSA) is 72.5 Å². The van der Waals surface area contributed by atoms with Gasteiger partial charge >= 0.3 is 5.97 Å². The number of rotatable bonds is 9. The minimum atomic E-state index is -0.437. The number of esters is 1. The van der Waals surface area contributed by atoms with Crippen LogP contribution in [0.2, 0.25) is 0 Å². The highest BCUT2D eigenvalue weighted by atomic mass is 16.5. The smallest absolute Gasteiger partial charge is 0.313 e. The first-order valence-electron chi connectivity index (χ1n) is 6.60. The highest BCUT2D eigenvalue weighted by Crippen LogP contribution is 2.48. The first-order chi connectivity index (χ1) is 8.21. The zero-order valence-electron chi connectivity index (χ0n) is 10.8. The van der Waals surface area contributed by atoms with Gasteiger partial charge in [-0.3, -0.25) is 4.79 Å². The molecule has 0 bridgehead atoms. The van der Waals surface area contributed by atoms with Crippen LogP contribution in [0.5, 0.6) is 0 Å². The second-order valence-corrected chi connectivity index (χ2v) is 5.01. The van der Waals surface area contributed by atoms with E-state index in [-0.39, 0.29) is 12.6 Å². The largest absolute Gasteiger partial charge is 0.469 e. The van der Waals surface area contributed by atoms with E-state index < -0.39 is 5.41 Å². The predicted octanol–water partition coefficient (Wildman–Crippen LogP) is 1.46. The third kappa shape index (κ3) is 3.68. The lowest BCUT2D eigenvalue weighted by Gasteiger charge is -2.29. The lowest BCUT2D eigenvalue weighted by atomic mass is 9.77. The SMILES string of the molecule is COC(=O)C(CN)(CCCCCCO)C1CC1. The molecule has 1 unspecified atom stereocenters. The molecule has 17 heavy (non-hydrogen) atoms. The number of ether oxygens (including phenoxy) is 1. The van der Waals surface area contributed by atoms with Gasteiger partial charge < -0.3 is 15.6 Å². The van der Waals surface area contributed by atoms with Crippen molar-refractivity contribution in [1.29, 1.82) is 0 Å². The van der Waals surface area contributed by atoms with Gasteiger partial charge in [-0.25, -0.2) is 0 Å². The second-order valence-electron chi connectivity index (χ2n) is 5.01. The maximum Gasteiger partial charge on any atom is 0.313 e. The van der Waals surface area contributed by atoms with E-state index >= 15 is 0 Å². The van der Waals surface area contributed by atoms with E-state index in [2.05, 4.69) is 0 Å². The Hall–Kier alpha value is -0.610. The molecule has 0 aromatic carbocycles. The summed E-state index contributed by atoms with van der Waals surface area (Å²) in [6.45, 7) is 0.645. The minimum absolute atomic E-state index is 0.135. The Morgan fingerprint density at radius 2 is 2.00 bits per heavy atom. The molecule has 0 aromatic rings. The Balaban J connectivity index is 2.43. The molecular formula is C13H25NO3. The van der Waals surface area contributed by atoms with Gasteiger partial charge in [0.2, 0.25) is 0 Å². The van der Waals surface area contributed by atoms with Crippen molar-refractivity contribution in [3.8, 4) is 0 Å². The monoisotopic (exact) mass is 243 g/mol. The number of hydrogen-bond donors (Lipinski definition) is 2. The number of methoxy groups -OCH3 is 1. The fraction of sp³-hybridized carbons (Fsp3) is 0.923. The van der Waals surface area contributed by atoms with Crippen molar-refractivity contribution in [2.24, 2.45) is 17.1 Å². The zero-order chi connectivity index (χ0) is 12.7. The van der Waals surface area contributed by atoms with Crippen molar-refractivity contribution in [2.75, 3.05) is 20.3 Å². The number of carbonyl (C=O) groups is 1. The van der Waals surface area contributed by atoms with Gasteiger partial charge in [-0.1, -0.05) is 19.3 Å². The highest BCUT2D eigenvalue weighted by molar-refractivity contribution is 5.78. The molecule has 0 saturated heterocycles. The van der Waals surface area contributed by atoms with E-state index in [1.54, 1.807) is 0 Å². The number of aliphatic hydroxyl groups is 1. The molecule has 0 heterocycles. The normalized spacial score (nSPS) is 18.8. The van der Waals surface area contributed by atoms with Gasteiger partial charge in [0.25, 0.3) is 0 Å². The van der Waals surface area contributed by atoms with Crippen molar-refractivity contribution in [2.45, 2.75) is 44.9 Å². The molecule has 0 amide bonds. The number of unbranched alkanes of at least 4 members (excludes halogenated alkanes) is 3. The van der Waals surface area contributed by atoms with Gasteiger partial charge in [-0.2, -0.15) is 0 Å². The molecule has 1 saturated carbocycles. The zero-order valence-corrected chi connectivity index (χ0v) is 10.8. The molecule has 1 atom stereocenters. The first-order valence-corrected chi connectivity index (χ1v) is 6.60. The summed E-state index contributed by atoms with van der Waals surface area (Å²) in [6.07, 6.45) is 6.92. The van der Waals surface area contributed by atoms with Gasteiger partial charge in [0, 0.05) is 13.2 Å². The average molecular weight is 243 g/mol. The van der Waals surface area contributed by atoms with E-state index in [0.29, 0.717) is 12.5 Å². The summed E-state index contributed by atoms with van der Waals surface area (Å²) in [6, 6.07) is 0. The summed E-state index contributed by atoms with van der Waals surface area (Å²) in [7, 11) is 1.45. The van der Waals surface area contributed by atoms with Gasteiger partial charge in [-0.05, 0) is 31.6 Å². The van der Waals surface area contributed by atoms with Crippen LogP contribution in [0.25, 0.3) is 0 Å². The van der Waals surface area contributed by atoms with E-state index in [1.807, 2.05) is 0 Å². The van der Waals surface area contributed by atoms with Crippen molar-refractivity contribution >= 4 is 5.97 Å². The second kappa shape index (κ2) is 6.97. The van der Waals surface area contributed by atoms with E-state index in [1.165, 1.54) is 7.11 Å². The minimum Gasteiger partial charge on any atom is -0.469 e. The van der Waals surface area contributed by atoms with Crippen LogP contribution in [-0.2, 0) is 9.53 Å². The third-order valence-corrected chi connectivity index (χ3v) is 3.85. The summed E-state index contributed by atoms with van der Waals surface area (Å²) < 4.78 is 4.93. The van der Waals surface area contributed by atoms with E-state index in [4.69, 9.17) is 15.6 Å². The average Bonchev–Trinajstić information content (AvgIpc) is 3.18. The quantitative estimate of drug-likeness (QED) is 0.475. The molecule has 1 aliphatic carbocycles. The molecule has 0 aliphatic heterocycles. The fourth-order valence-electron chi connectivity index (χ4n) is 2.57. The number of carbonyl (C=O) groups excluding carboxylic acids is 1. The van der Waals surface area contributed by atoms with Crippen molar-refractivity contribution < 1.29 is 14.6 Å². The molecular weight excluding hydrogens is 218 g/mol. The molecule has 1 aliphatic rings. The molecule has 0 radical (unpaired) electrons. The Morgan fingerprint density at radius 1 is 1.35 bits per heavy atom. The Labute approximate surface area is 104 Å². The van der Waals surface area contributed by atoms with E-state index in [9.17, 15) is 4.79 Å². The van der Waals surface area contributed by atoms with Gasteiger partial charge in [0.05, 0.1) is 12.5 Å².